The zero-order valence-electron chi connectivity index (χ0n) is 34.7. The monoisotopic (exact) mass is 992 g/mol. The second-order valence-corrected chi connectivity index (χ2v) is 16.3. The number of pyridine rings is 1. The van der Waals surface area contributed by atoms with Gasteiger partial charge in [-0.2, -0.15) is 0 Å². The minimum absolute atomic E-state index is 0. The second-order valence-electron chi connectivity index (χ2n) is 16.3. The number of aromatic hydroxyl groups is 1. The summed E-state index contributed by atoms with van der Waals surface area (Å²) in [6.07, 6.45) is 1.90. The van der Waals surface area contributed by atoms with Crippen molar-refractivity contribution in [1.29, 1.82) is 0 Å². The van der Waals surface area contributed by atoms with Crippen LogP contribution in [0.1, 0.15) is 25.0 Å². The third kappa shape index (κ3) is 6.86. The number of aromatic nitrogens is 4. The van der Waals surface area contributed by atoms with E-state index in [1.807, 2.05) is 42.6 Å². The average Bonchev–Trinajstić information content (AvgIpc) is 3.89. The summed E-state index contributed by atoms with van der Waals surface area (Å²) in [5.74, 6) is 0.826. The molecule has 63 heavy (non-hydrogen) atoms. The van der Waals surface area contributed by atoms with Crippen molar-refractivity contribution in [2.45, 2.75) is 19.3 Å². The zero-order chi connectivity index (χ0) is 41.8. The van der Waals surface area contributed by atoms with Crippen molar-refractivity contribution in [2.24, 2.45) is 0 Å². The van der Waals surface area contributed by atoms with Gasteiger partial charge in [-0.15, -0.1) is 11.6 Å². The molecule has 0 spiro atoms. The number of rotatable bonds is 8. The van der Waals surface area contributed by atoms with Gasteiger partial charge in [0.2, 0.25) is 0 Å². The molecule has 0 unspecified atom stereocenters. The molecule has 6 heteroatoms. The maximum atomic E-state index is 11.2. The molecule has 0 aliphatic heterocycles. The van der Waals surface area contributed by atoms with Crippen LogP contribution in [-0.2, 0) is 26.5 Å². The van der Waals surface area contributed by atoms with Crippen LogP contribution in [0.5, 0.6) is 5.75 Å². The van der Waals surface area contributed by atoms with Gasteiger partial charge < -0.3 is 9.67 Å². The summed E-state index contributed by atoms with van der Waals surface area (Å²) in [7, 11) is 0. The first-order chi connectivity index (χ1) is 30.4. The number of nitrogens with zero attached hydrogens (tertiary/aromatic N) is 4. The van der Waals surface area contributed by atoms with E-state index in [9.17, 15) is 5.11 Å². The Kier molecular flexibility index (Phi) is 10.2. The topological polar surface area (TPSA) is 55.9 Å². The van der Waals surface area contributed by atoms with E-state index in [1.54, 1.807) is 6.07 Å². The fraction of sp³-hybridized carbons (Fsp3) is 0.0526. The molecule has 0 saturated carbocycles. The van der Waals surface area contributed by atoms with Gasteiger partial charge in [0.1, 0.15) is 11.6 Å². The molecule has 306 valence electrons. The van der Waals surface area contributed by atoms with Crippen molar-refractivity contribution in [3.63, 3.8) is 0 Å². The number of fused-ring (bicyclic) bond motifs is 4. The van der Waals surface area contributed by atoms with Gasteiger partial charge >= 0.3 is 0 Å². The van der Waals surface area contributed by atoms with Crippen molar-refractivity contribution >= 4 is 32.8 Å². The molecule has 0 atom stereocenters. The van der Waals surface area contributed by atoms with Crippen LogP contribution in [0.4, 0.5) is 0 Å². The van der Waals surface area contributed by atoms with Crippen LogP contribution < -0.4 is 0 Å². The van der Waals surface area contributed by atoms with Crippen LogP contribution in [0.2, 0.25) is 0 Å². The number of benzene rings is 8. The quantitative estimate of drug-likeness (QED) is 0.154. The van der Waals surface area contributed by atoms with Crippen LogP contribution in [-0.4, -0.2) is 24.2 Å². The largest absolute Gasteiger partial charge is 0.507 e. The van der Waals surface area contributed by atoms with Crippen LogP contribution in [0.25, 0.3) is 89.1 Å². The average molecular weight is 993 g/mol. The van der Waals surface area contributed by atoms with E-state index < -0.39 is 0 Å². The summed E-state index contributed by atoms with van der Waals surface area (Å²) in [4.78, 5) is 10.4. The molecule has 0 saturated heterocycles. The predicted molar refractivity (Wildman–Crippen MR) is 254 cm³/mol. The van der Waals surface area contributed by atoms with Crippen LogP contribution in [0, 0.1) is 6.07 Å². The maximum absolute atomic E-state index is 11.2. The van der Waals surface area contributed by atoms with E-state index in [1.165, 1.54) is 11.1 Å². The predicted octanol–water partition coefficient (Wildman–Crippen LogP) is 14.0. The van der Waals surface area contributed by atoms with Crippen molar-refractivity contribution in [2.75, 3.05) is 0 Å². The van der Waals surface area contributed by atoms with Crippen molar-refractivity contribution in [3.8, 4) is 62.0 Å². The van der Waals surface area contributed by atoms with Crippen LogP contribution >= 0.6 is 0 Å². The standard InChI is InChI=1S/C57H41N4O.Pt/c1-57(2,41-17-6-3-7-18-41)42-31-29-38(30-32-42)39-33-34-58-49(36-39)40-35-48(54-46-23-12-14-26-50(46)60(52(54)37-40)43-19-8-4-9-20-43)45-25-16-27-51-55(45)59-56(47-24-13-15-28-53(47)62)61(51)44-21-10-5-11-22-44;/h3-34,36-37,62H,1-2H3;/q-1;. The molecule has 11 rings (SSSR count). The molecular weight excluding hydrogens is 952 g/mol. The van der Waals surface area contributed by atoms with E-state index in [4.69, 9.17) is 9.97 Å². The van der Waals surface area contributed by atoms with Crippen LogP contribution in [0.15, 0.2) is 206 Å². The normalized spacial score (nSPS) is 11.6. The van der Waals surface area contributed by atoms with Gasteiger partial charge in [-0.1, -0.05) is 176 Å². The molecule has 0 bridgehead atoms. The Morgan fingerprint density at radius 3 is 1.86 bits per heavy atom. The number of imidazole rings is 1. The first kappa shape index (κ1) is 39.8. The van der Waals surface area contributed by atoms with E-state index in [0.717, 1.165) is 77.7 Å². The summed E-state index contributed by atoms with van der Waals surface area (Å²) in [6, 6.07) is 73.1. The maximum Gasteiger partial charge on any atom is 0.148 e. The summed E-state index contributed by atoms with van der Waals surface area (Å²) in [6.45, 7) is 4.55. The van der Waals surface area contributed by atoms with Crippen molar-refractivity contribution in [3.05, 3.63) is 224 Å². The fourth-order valence-corrected chi connectivity index (χ4v) is 9.07. The molecule has 3 aromatic heterocycles. The van der Waals surface area contributed by atoms with Gasteiger partial charge in [0.15, 0.2) is 0 Å². The molecule has 0 amide bonds. The van der Waals surface area contributed by atoms with Gasteiger partial charge in [0.25, 0.3) is 0 Å². The Morgan fingerprint density at radius 2 is 1.13 bits per heavy atom. The number of phenolic OH excluding ortho intramolecular Hbond substituents is 1. The van der Waals surface area contributed by atoms with Gasteiger partial charge in [0, 0.05) is 55.3 Å². The van der Waals surface area contributed by atoms with Crippen molar-refractivity contribution < 1.29 is 26.2 Å². The van der Waals surface area contributed by atoms with Crippen molar-refractivity contribution in [1.82, 2.24) is 19.1 Å². The second kappa shape index (κ2) is 16.2. The number of hydrogen-bond acceptors (Lipinski definition) is 3. The van der Waals surface area contributed by atoms with Crippen LogP contribution in [0.3, 0.4) is 0 Å². The molecule has 3 heterocycles. The molecule has 0 aliphatic rings. The molecule has 0 aliphatic carbocycles. The third-order valence-corrected chi connectivity index (χ3v) is 12.3. The summed E-state index contributed by atoms with van der Waals surface area (Å²) < 4.78 is 4.48. The number of hydrogen-bond donors (Lipinski definition) is 1. The third-order valence-electron chi connectivity index (χ3n) is 12.3. The van der Waals surface area contributed by atoms with E-state index in [0.29, 0.717) is 11.4 Å². The Morgan fingerprint density at radius 1 is 0.524 bits per heavy atom. The summed E-state index contributed by atoms with van der Waals surface area (Å²) >= 11 is 0. The smallest absolute Gasteiger partial charge is 0.148 e. The minimum Gasteiger partial charge on any atom is -0.507 e. The first-order valence-electron chi connectivity index (χ1n) is 21.0. The number of para-hydroxylation sites is 5. The van der Waals surface area contributed by atoms with E-state index >= 15 is 0 Å². The Labute approximate surface area is 380 Å². The van der Waals surface area contributed by atoms with E-state index in [-0.39, 0.29) is 32.2 Å². The molecule has 8 aromatic carbocycles. The van der Waals surface area contributed by atoms with Gasteiger partial charge in [0.05, 0.1) is 16.6 Å². The Bertz CT molecular complexity index is 3430. The molecule has 0 fully saturated rings. The van der Waals surface area contributed by atoms with Gasteiger partial charge in [-0.25, -0.2) is 4.98 Å². The summed E-state index contributed by atoms with van der Waals surface area (Å²) in [5, 5.41) is 13.4. The molecule has 1 N–H and O–H groups in total. The first-order valence-corrected chi connectivity index (χ1v) is 21.0. The SMILES string of the molecule is CC(C)(c1ccccc1)c1ccc(-c2ccnc(-c3[c-]c(-c4cccc5c4nc(-c4ccccc4O)n5-c4ccccc4)c4c5ccccc5n(-c5ccccc5)c4c3)c2)cc1.[Pt]. The Balaban J connectivity index is 0.00000471. The van der Waals surface area contributed by atoms with Gasteiger partial charge in [-0.3, -0.25) is 9.55 Å². The molecular formula is C57H41N4OPt-. The molecule has 5 nitrogen and oxygen atoms in total. The number of phenols is 1. The minimum atomic E-state index is -0.136. The molecule has 11 aromatic rings. The fourth-order valence-electron chi connectivity index (χ4n) is 9.07. The van der Waals surface area contributed by atoms with Gasteiger partial charge in [-0.05, 0) is 87.8 Å². The Hall–Kier alpha value is -7.33. The molecule has 0 radical (unpaired) electrons. The zero-order valence-corrected chi connectivity index (χ0v) is 37.0. The summed E-state index contributed by atoms with van der Waals surface area (Å²) in [5.41, 5.74) is 14.7. The van der Waals surface area contributed by atoms with E-state index in [2.05, 4.69) is 187 Å².